The molecule has 3 heteroatoms. The van der Waals surface area contributed by atoms with Crippen LogP contribution in [0.2, 0.25) is 0 Å². The Balaban J connectivity index is 1.58. The lowest BCUT2D eigenvalue weighted by atomic mass is 10.1. The zero-order valence-electron chi connectivity index (χ0n) is 12.8. The maximum atomic E-state index is 11.1. The van der Waals surface area contributed by atoms with Crippen molar-refractivity contribution < 1.29 is 9.53 Å². The van der Waals surface area contributed by atoms with Gasteiger partial charge in [0.25, 0.3) is 0 Å². The predicted molar refractivity (Wildman–Crippen MR) is 89.1 cm³/mol. The van der Waals surface area contributed by atoms with Crippen molar-refractivity contribution in [1.82, 2.24) is 0 Å². The second-order valence-corrected chi connectivity index (χ2v) is 5.39. The number of carbonyl (C=O) groups is 1. The molecule has 0 radical (unpaired) electrons. The van der Waals surface area contributed by atoms with E-state index >= 15 is 0 Å². The van der Waals surface area contributed by atoms with Crippen molar-refractivity contribution in [2.24, 2.45) is 5.73 Å². The Hall–Kier alpha value is -2.29. The molecule has 0 bridgehead atoms. The number of primary amides is 1. The highest BCUT2D eigenvalue weighted by molar-refractivity contribution is 5.93. The van der Waals surface area contributed by atoms with Crippen LogP contribution in [0.1, 0.15) is 41.6 Å². The van der Waals surface area contributed by atoms with E-state index < -0.39 is 5.91 Å². The van der Waals surface area contributed by atoms with Gasteiger partial charge in [0.05, 0.1) is 6.61 Å². The van der Waals surface area contributed by atoms with Gasteiger partial charge in [-0.05, 0) is 43.0 Å². The molecule has 0 spiro atoms. The largest absolute Gasteiger partial charge is 0.494 e. The van der Waals surface area contributed by atoms with Gasteiger partial charge in [-0.25, -0.2) is 0 Å². The smallest absolute Gasteiger partial charge is 0.248 e. The summed E-state index contributed by atoms with van der Waals surface area (Å²) in [5.41, 5.74) is 7.14. The van der Waals surface area contributed by atoms with Crippen LogP contribution in [0.25, 0.3) is 0 Å². The average molecular weight is 297 g/mol. The summed E-state index contributed by atoms with van der Waals surface area (Å²) < 4.78 is 5.65. The van der Waals surface area contributed by atoms with Gasteiger partial charge in [0, 0.05) is 5.56 Å². The number of unbranched alkanes of at least 4 members (excludes halogenated alkanes) is 3. The van der Waals surface area contributed by atoms with Crippen LogP contribution in [0.4, 0.5) is 0 Å². The molecule has 116 valence electrons. The lowest BCUT2D eigenvalue weighted by Gasteiger charge is -2.07. The van der Waals surface area contributed by atoms with Crippen molar-refractivity contribution in [2.75, 3.05) is 6.61 Å². The molecule has 0 saturated carbocycles. The molecule has 0 atom stereocenters. The SMILES string of the molecule is NC(=O)c1cccc(OCCCCCCc2ccccc2)c1. The van der Waals surface area contributed by atoms with E-state index in [4.69, 9.17) is 10.5 Å². The van der Waals surface area contributed by atoms with E-state index in [-0.39, 0.29) is 0 Å². The van der Waals surface area contributed by atoms with Gasteiger partial charge in [0.2, 0.25) is 5.91 Å². The molecule has 0 aromatic heterocycles. The lowest BCUT2D eigenvalue weighted by Crippen LogP contribution is -2.10. The maximum absolute atomic E-state index is 11.1. The zero-order valence-corrected chi connectivity index (χ0v) is 12.8. The standard InChI is InChI=1S/C19H23NO2/c20-19(21)17-12-8-13-18(15-17)22-14-7-2-1-4-9-16-10-5-3-6-11-16/h3,5-6,8,10-13,15H,1-2,4,7,9,14H2,(H2,20,21). The van der Waals surface area contributed by atoms with Crippen LogP contribution in [0.3, 0.4) is 0 Å². The lowest BCUT2D eigenvalue weighted by molar-refractivity contribution is 0.1000. The molecule has 0 aliphatic carbocycles. The highest BCUT2D eigenvalue weighted by Gasteiger charge is 2.01. The molecular weight excluding hydrogens is 274 g/mol. The van der Waals surface area contributed by atoms with Crippen molar-refractivity contribution in [1.29, 1.82) is 0 Å². The zero-order chi connectivity index (χ0) is 15.6. The minimum atomic E-state index is -0.425. The number of amides is 1. The second-order valence-electron chi connectivity index (χ2n) is 5.39. The van der Waals surface area contributed by atoms with Crippen LogP contribution in [0.5, 0.6) is 5.75 Å². The Morgan fingerprint density at radius 1 is 0.909 bits per heavy atom. The second kappa shape index (κ2) is 8.88. The number of nitrogens with two attached hydrogens (primary N) is 1. The molecule has 0 saturated heterocycles. The van der Waals surface area contributed by atoms with Crippen molar-refractivity contribution in [3.63, 3.8) is 0 Å². The molecule has 1 amide bonds. The highest BCUT2D eigenvalue weighted by atomic mass is 16.5. The van der Waals surface area contributed by atoms with Gasteiger partial charge in [0.1, 0.15) is 5.75 Å². The Labute approximate surface area is 132 Å². The molecule has 2 N–H and O–H groups in total. The van der Waals surface area contributed by atoms with Gasteiger partial charge in [-0.2, -0.15) is 0 Å². The first-order valence-corrected chi connectivity index (χ1v) is 7.82. The Morgan fingerprint density at radius 2 is 1.68 bits per heavy atom. The van der Waals surface area contributed by atoms with E-state index in [9.17, 15) is 4.79 Å². The van der Waals surface area contributed by atoms with Crippen LogP contribution in [-0.4, -0.2) is 12.5 Å². The summed E-state index contributed by atoms with van der Waals surface area (Å²) in [4.78, 5) is 11.1. The summed E-state index contributed by atoms with van der Waals surface area (Å²) in [6, 6.07) is 17.6. The molecule has 0 aliphatic heterocycles. The summed E-state index contributed by atoms with van der Waals surface area (Å²) in [5.74, 6) is 0.284. The number of aryl methyl sites for hydroxylation is 1. The quantitative estimate of drug-likeness (QED) is 0.712. The van der Waals surface area contributed by atoms with E-state index in [1.807, 2.05) is 12.1 Å². The third kappa shape index (κ3) is 5.60. The highest BCUT2D eigenvalue weighted by Crippen LogP contribution is 2.14. The van der Waals surface area contributed by atoms with Gasteiger partial charge < -0.3 is 10.5 Å². The van der Waals surface area contributed by atoms with Gasteiger partial charge >= 0.3 is 0 Å². The van der Waals surface area contributed by atoms with Crippen molar-refractivity contribution in [3.05, 3.63) is 65.7 Å². The molecule has 0 unspecified atom stereocenters. The van der Waals surface area contributed by atoms with E-state index in [2.05, 4.69) is 24.3 Å². The monoisotopic (exact) mass is 297 g/mol. The Bertz CT molecular complexity index is 581. The molecule has 0 heterocycles. The van der Waals surface area contributed by atoms with Gasteiger partial charge in [-0.3, -0.25) is 4.79 Å². The Morgan fingerprint density at radius 3 is 2.45 bits per heavy atom. The third-order valence-electron chi connectivity index (χ3n) is 3.59. The van der Waals surface area contributed by atoms with Gasteiger partial charge in [-0.1, -0.05) is 49.2 Å². The summed E-state index contributed by atoms with van der Waals surface area (Å²) in [6.07, 6.45) is 5.74. The fraction of sp³-hybridized carbons (Fsp3) is 0.316. The molecule has 2 rings (SSSR count). The number of rotatable bonds is 9. The topological polar surface area (TPSA) is 52.3 Å². The molecule has 22 heavy (non-hydrogen) atoms. The molecular formula is C19H23NO2. The number of benzene rings is 2. The van der Waals surface area contributed by atoms with Crippen molar-refractivity contribution in [2.45, 2.75) is 32.1 Å². The first kappa shape index (κ1) is 16.1. The minimum Gasteiger partial charge on any atom is -0.494 e. The first-order valence-electron chi connectivity index (χ1n) is 7.82. The van der Waals surface area contributed by atoms with Crippen LogP contribution >= 0.6 is 0 Å². The van der Waals surface area contributed by atoms with Crippen molar-refractivity contribution >= 4 is 5.91 Å². The number of carbonyl (C=O) groups excluding carboxylic acids is 1. The fourth-order valence-electron chi connectivity index (χ4n) is 2.36. The van der Waals surface area contributed by atoms with Gasteiger partial charge in [-0.15, -0.1) is 0 Å². The van der Waals surface area contributed by atoms with E-state index in [0.717, 1.165) is 19.3 Å². The molecule has 0 fully saturated rings. The minimum absolute atomic E-state index is 0.425. The van der Waals surface area contributed by atoms with Crippen LogP contribution < -0.4 is 10.5 Å². The van der Waals surface area contributed by atoms with Crippen LogP contribution in [0, 0.1) is 0 Å². The molecule has 2 aromatic rings. The van der Waals surface area contributed by atoms with Gasteiger partial charge in [0.15, 0.2) is 0 Å². The normalized spacial score (nSPS) is 10.4. The summed E-state index contributed by atoms with van der Waals surface area (Å²) >= 11 is 0. The molecule has 2 aromatic carbocycles. The van der Waals surface area contributed by atoms with Crippen LogP contribution in [-0.2, 0) is 6.42 Å². The summed E-state index contributed by atoms with van der Waals surface area (Å²) in [7, 11) is 0. The Kier molecular flexibility index (Phi) is 6.49. The number of hydrogen-bond donors (Lipinski definition) is 1. The first-order chi connectivity index (χ1) is 10.8. The van der Waals surface area contributed by atoms with E-state index in [1.165, 1.54) is 18.4 Å². The summed E-state index contributed by atoms with van der Waals surface area (Å²) in [6.45, 7) is 0.674. The molecule has 0 aliphatic rings. The third-order valence-corrected chi connectivity index (χ3v) is 3.59. The predicted octanol–water partition coefficient (Wildman–Crippen LogP) is 3.97. The molecule has 3 nitrogen and oxygen atoms in total. The van der Waals surface area contributed by atoms with E-state index in [1.54, 1.807) is 18.2 Å². The number of ether oxygens (including phenoxy) is 1. The van der Waals surface area contributed by atoms with E-state index in [0.29, 0.717) is 17.9 Å². The summed E-state index contributed by atoms with van der Waals surface area (Å²) in [5, 5.41) is 0. The average Bonchev–Trinajstić information content (AvgIpc) is 2.55. The maximum Gasteiger partial charge on any atom is 0.248 e. The number of hydrogen-bond acceptors (Lipinski definition) is 2. The van der Waals surface area contributed by atoms with Crippen molar-refractivity contribution in [3.8, 4) is 5.75 Å². The fourth-order valence-corrected chi connectivity index (χ4v) is 2.36. The van der Waals surface area contributed by atoms with Crippen LogP contribution in [0.15, 0.2) is 54.6 Å².